The van der Waals surface area contributed by atoms with Crippen molar-refractivity contribution in [2.45, 2.75) is 38.0 Å². The average molecular weight is 371 g/mol. The van der Waals surface area contributed by atoms with Gasteiger partial charge in [-0.1, -0.05) is 31.2 Å². The van der Waals surface area contributed by atoms with Gasteiger partial charge in [0.2, 0.25) is 5.91 Å². The molecule has 2 bridgehead atoms. The quantitative estimate of drug-likeness (QED) is 0.568. The molecular weight excluding hydrogens is 346 g/mol. The van der Waals surface area contributed by atoms with E-state index in [9.17, 15) is 9.59 Å². The van der Waals surface area contributed by atoms with Gasteiger partial charge in [0.1, 0.15) is 17.3 Å². The number of esters is 1. The molecule has 1 amide bonds. The van der Waals surface area contributed by atoms with E-state index in [0.717, 1.165) is 17.7 Å². The third-order valence-corrected chi connectivity index (χ3v) is 5.92. The summed E-state index contributed by atoms with van der Waals surface area (Å²) in [5, 5.41) is 0. The molecule has 0 aliphatic carbocycles. The van der Waals surface area contributed by atoms with Crippen LogP contribution in [0.2, 0.25) is 0 Å². The number of carbonyl (C=O) groups excluding carboxylic acids is 2. The molecule has 27 heavy (non-hydrogen) atoms. The maximum Gasteiger partial charge on any atom is 0.312 e. The second kappa shape index (κ2) is 6.68. The van der Waals surface area contributed by atoms with E-state index >= 15 is 0 Å². The number of carbonyl (C=O) groups is 2. The molecule has 144 valence electrons. The summed E-state index contributed by atoms with van der Waals surface area (Å²) in [6, 6.07) is 7.58. The van der Waals surface area contributed by atoms with Gasteiger partial charge in [0, 0.05) is 0 Å². The Hall–Kier alpha value is -2.34. The SMILES string of the molecule is CCCOC(=O)[C@@H]1[C@@H]2C=C[C@]3(CN([C@H](C)c4ccc(OC)cc4)C(=O)[C@H]13)O2. The standard InChI is InChI=1S/C21H25NO5/c1-4-11-26-20(24)17-16-9-10-21(27-16)12-22(19(23)18(17)21)13(2)14-5-7-15(25-3)8-6-14/h5-10,13,16-18H,4,11-12H2,1-3H3/t13-,16+,17-,18+,21-/m1/s1. The van der Waals surface area contributed by atoms with E-state index in [-0.39, 0.29) is 24.0 Å². The molecule has 3 heterocycles. The molecule has 0 N–H and O–H groups in total. The van der Waals surface area contributed by atoms with Gasteiger partial charge in [-0.3, -0.25) is 9.59 Å². The fraction of sp³-hybridized carbons (Fsp3) is 0.524. The number of hydrogen-bond donors (Lipinski definition) is 0. The average Bonchev–Trinajstić information content (AvgIpc) is 3.34. The number of fused-ring (bicyclic) bond motifs is 1. The molecule has 2 saturated heterocycles. The second-order valence-corrected chi connectivity index (χ2v) is 7.48. The van der Waals surface area contributed by atoms with Crippen LogP contribution in [0.4, 0.5) is 0 Å². The van der Waals surface area contributed by atoms with Gasteiger partial charge in [-0.25, -0.2) is 0 Å². The fourth-order valence-corrected chi connectivity index (χ4v) is 4.49. The van der Waals surface area contributed by atoms with Crippen molar-refractivity contribution >= 4 is 11.9 Å². The van der Waals surface area contributed by atoms with E-state index in [1.807, 2.05) is 55.2 Å². The molecule has 5 atom stereocenters. The maximum absolute atomic E-state index is 13.3. The van der Waals surface area contributed by atoms with Crippen LogP contribution in [-0.4, -0.2) is 48.7 Å². The molecule has 6 heteroatoms. The van der Waals surface area contributed by atoms with Crippen molar-refractivity contribution in [3.05, 3.63) is 42.0 Å². The molecule has 1 aromatic carbocycles. The first-order valence-electron chi connectivity index (χ1n) is 9.49. The summed E-state index contributed by atoms with van der Waals surface area (Å²) >= 11 is 0. The Labute approximate surface area is 159 Å². The predicted octanol–water partition coefficient (Wildman–Crippen LogP) is 2.49. The normalized spacial score (nSPS) is 31.9. The van der Waals surface area contributed by atoms with Crippen LogP contribution in [0.1, 0.15) is 31.9 Å². The van der Waals surface area contributed by atoms with Gasteiger partial charge in [0.15, 0.2) is 0 Å². The minimum absolute atomic E-state index is 0.0383. The molecule has 1 spiro atoms. The zero-order valence-electron chi connectivity index (χ0n) is 15.9. The van der Waals surface area contributed by atoms with Gasteiger partial charge >= 0.3 is 5.97 Å². The number of nitrogens with zero attached hydrogens (tertiary/aromatic N) is 1. The van der Waals surface area contributed by atoms with Crippen LogP contribution in [-0.2, 0) is 19.1 Å². The minimum atomic E-state index is -0.710. The third kappa shape index (κ3) is 2.74. The number of likely N-dealkylation sites (tertiary alicyclic amines) is 1. The Morgan fingerprint density at radius 2 is 2.11 bits per heavy atom. The predicted molar refractivity (Wildman–Crippen MR) is 98.1 cm³/mol. The monoisotopic (exact) mass is 371 g/mol. The van der Waals surface area contributed by atoms with Gasteiger partial charge < -0.3 is 19.1 Å². The number of amides is 1. The summed E-state index contributed by atoms with van der Waals surface area (Å²) in [7, 11) is 1.63. The molecule has 1 aromatic rings. The van der Waals surface area contributed by atoms with Crippen LogP contribution in [0.5, 0.6) is 5.75 Å². The fourth-order valence-electron chi connectivity index (χ4n) is 4.49. The summed E-state index contributed by atoms with van der Waals surface area (Å²) in [6.07, 6.45) is 4.26. The molecule has 0 radical (unpaired) electrons. The number of methoxy groups -OCH3 is 1. The first kappa shape index (κ1) is 18.0. The molecule has 3 aliphatic rings. The van der Waals surface area contributed by atoms with Crippen LogP contribution in [0.3, 0.4) is 0 Å². The van der Waals surface area contributed by atoms with Crippen LogP contribution >= 0.6 is 0 Å². The van der Waals surface area contributed by atoms with E-state index in [2.05, 4.69) is 0 Å². The van der Waals surface area contributed by atoms with Crippen molar-refractivity contribution in [3.63, 3.8) is 0 Å². The molecule has 0 saturated carbocycles. The Morgan fingerprint density at radius 1 is 1.37 bits per heavy atom. The first-order chi connectivity index (χ1) is 13.0. The van der Waals surface area contributed by atoms with E-state index in [1.165, 1.54) is 0 Å². The molecule has 0 aromatic heterocycles. The summed E-state index contributed by atoms with van der Waals surface area (Å²) in [5.74, 6) is -0.647. The van der Waals surface area contributed by atoms with Crippen LogP contribution < -0.4 is 4.74 Å². The number of rotatable bonds is 6. The topological polar surface area (TPSA) is 65.1 Å². The Kier molecular flexibility index (Phi) is 4.46. The van der Waals surface area contributed by atoms with Crippen LogP contribution in [0.25, 0.3) is 0 Å². The maximum atomic E-state index is 13.3. The highest BCUT2D eigenvalue weighted by molar-refractivity contribution is 5.91. The highest BCUT2D eigenvalue weighted by atomic mass is 16.6. The highest BCUT2D eigenvalue weighted by Crippen LogP contribution is 2.53. The largest absolute Gasteiger partial charge is 0.497 e. The Bertz CT molecular complexity index is 773. The van der Waals surface area contributed by atoms with Crippen molar-refractivity contribution in [1.82, 2.24) is 4.90 Å². The summed E-state index contributed by atoms with van der Waals surface area (Å²) < 4.78 is 16.7. The lowest BCUT2D eigenvalue weighted by Crippen LogP contribution is -2.40. The third-order valence-electron chi connectivity index (χ3n) is 5.92. The van der Waals surface area contributed by atoms with Gasteiger partial charge in [-0.05, 0) is 31.0 Å². The lowest BCUT2D eigenvalue weighted by atomic mass is 9.77. The van der Waals surface area contributed by atoms with Crippen molar-refractivity contribution in [3.8, 4) is 5.75 Å². The zero-order valence-corrected chi connectivity index (χ0v) is 15.9. The molecule has 6 nitrogen and oxygen atoms in total. The molecule has 0 unspecified atom stereocenters. The van der Waals surface area contributed by atoms with Gasteiger partial charge in [-0.15, -0.1) is 0 Å². The van der Waals surface area contributed by atoms with Crippen molar-refractivity contribution in [2.75, 3.05) is 20.3 Å². The van der Waals surface area contributed by atoms with E-state index < -0.39 is 17.4 Å². The minimum Gasteiger partial charge on any atom is -0.497 e. The second-order valence-electron chi connectivity index (χ2n) is 7.48. The summed E-state index contributed by atoms with van der Waals surface area (Å²) in [5.41, 5.74) is 0.308. The molecular formula is C21H25NO5. The Balaban J connectivity index is 1.57. The van der Waals surface area contributed by atoms with Crippen molar-refractivity contribution in [2.24, 2.45) is 11.8 Å². The molecule has 2 fully saturated rings. The smallest absolute Gasteiger partial charge is 0.312 e. The Morgan fingerprint density at radius 3 is 2.78 bits per heavy atom. The number of ether oxygens (including phenoxy) is 3. The molecule has 3 aliphatic heterocycles. The number of benzene rings is 1. The van der Waals surface area contributed by atoms with Crippen LogP contribution in [0, 0.1) is 11.8 Å². The van der Waals surface area contributed by atoms with Crippen molar-refractivity contribution in [1.29, 1.82) is 0 Å². The summed E-state index contributed by atoms with van der Waals surface area (Å²) in [6.45, 7) is 4.77. The summed E-state index contributed by atoms with van der Waals surface area (Å²) in [4.78, 5) is 27.7. The van der Waals surface area contributed by atoms with E-state index in [1.54, 1.807) is 7.11 Å². The lowest BCUT2D eigenvalue weighted by Gasteiger charge is -2.27. The van der Waals surface area contributed by atoms with Crippen LogP contribution in [0.15, 0.2) is 36.4 Å². The molecule has 4 rings (SSSR count). The van der Waals surface area contributed by atoms with E-state index in [0.29, 0.717) is 13.2 Å². The highest BCUT2D eigenvalue weighted by Gasteiger charge is 2.67. The van der Waals surface area contributed by atoms with E-state index in [4.69, 9.17) is 14.2 Å². The van der Waals surface area contributed by atoms with Gasteiger partial charge in [0.25, 0.3) is 0 Å². The number of hydrogen-bond acceptors (Lipinski definition) is 5. The lowest BCUT2D eigenvalue weighted by molar-refractivity contribution is -0.154. The zero-order chi connectivity index (χ0) is 19.2. The van der Waals surface area contributed by atoms with Gasteiger partial charge in [-0.2, -0.15) is 0 Å². The van der Waals surface area contributed by atoms with Gasteiger partial charge in [0.05, 0.1) is 38.3 Å². The first-order valence-corrected chi connectivity index (χ1v) is 9.49. The van der Waals surface area contributed by atoms with Crippen molar-refractivity contribution < 1.29 is 23.8 Å².